The highest BCUT2D eigenvalue weighted by atomic mass is 15.0. The van der Waals surface area contributed by atoms with E-state index in [0.717, 1.165) is 55.4 Å². The van der Waals surface area contributed by atoms with Gasteiger partial charge in [0.25, 0.3) is 0 Å². The van der Waals surface area contributed by atoms with E-state index in [9.17, 15) is 10.5 Å². The predicted octanol–water partition coefficient (Wildman–Crippen LogP) is 11.0. The number of fused-ring (bicyclic) bond motifs is 6. The van der Waals surface area contributed by atoms with Gasteiger partial charge in [-0.05, 0) is 83.4 Å². The van der Waals surface area contributed by atoms with Crippen LogP contribution < -0.4 is 0 Å². The van der Waals surface area contributed by atoms with E-state index < -0.39 is 0 Å². The van der Waals surface area contributed by atoms with Crippen molar-refractivity contribution in [3.05, 3.63) is 169 Å². The van der Waals surface area contributed by atoms with Gasteiger partial charge in [-0.3, -0.25) is 0 Å². The van der Waals surface area contributed by atoms with E-state index in [1.807, 2.05) is 48.5 Å². The maximum absolute atomic E-state index is 9.84. The van der Waals surface area contributed by atoms with E-state index in [4.69, 9.17) is 0 Å². The number of rotatable bonds is 4. The van der Waals surface area contributed by atoms with Crippen LogP contribution in [0.2, 0.25) is 0 Å². The van der Waals surface area contributed by atoms with Crippen molar-refractivity contribution in [1.29, 1.82) is 10.5 Å². The Bertz CT molecular complexity index is 2730. The molecule has 0 spiro atoms. The minimum absolute atomic E-state index is 0.603. The van der Waals surface area contributed by atoms with Gasteiger partial charge in [-0.2, -0.15) is 10.5 Å². The molecule has 0 aliphatic heterocycles. The maximum Gasteiger partial charge on any atom is 0.0991 e. The summed E-state index contributed by atoms with van der Waals surface area (Å²) < 4.78 is 4.57. The number of nitrogens with zero attached hydrogens (tertiary/aromatic N) is 4. The van der Waals surface area contributed by atoms with Gasteiger partial charge in [0, 0.05) is 32.8 Å². The van der Waals surface area contributed by atoms with Gasteiger partial charge < -0.3 is 9.13 Å². The zero-order valence-electron chi connectivity index (χ0n) is 25.8. The monoisotopic (exact) mass is 610 g/mol. The lowest BCUT2D eigenvalue weighted by atomic mass is 9.97. The van der Waals surface area contributed by atoms with Gasteiger partial charge in [-0.15, -0.1) is 0 Å². The van der Waals surface area contributed by atoms with Crippen LogP contribution in [0, 0.1) is 22.7 Å². The number of benzene rings is 7. The molecule has 4 nitrogen and oxygen atoms in total. The molecule has 0 N–H and O–H groups in total. The van der Waals surface area contributed by atoms with Crippen LogP contribution in [0.1, 0.15) is 11.1 Å². The third-order valence-electron chi connectivity index (χ3n) is 9.40. The molecule has 7 aromatic carbocycles. The van der Waals surface area contributed by atoms with E-state index in [-0.39, 0.29) is 0 Å². The molecule has 0 amide bonds. The molecule has 2 heterocycles. The van der Waals surface area contributed by atoms with Crippen LogP contribution in [-0.2, 0) is 0 Å². The molecule has 0 radical (unpaired) electrons. The molecule has 0 saturated heterocycles. The summed E-state index contributed by atoms with van der Waals surface area (Å²) in [4.78, 5) is 0. The van der Waals surface area contributed by atoms with Gasteiger partial charge in [-0.1, -0.05) is 91.0 Å². The van der Waals surface area contributed by atoms with E-state index >= 15 is 0 Å². The highest BCUT2D eigenvalue weighted by Gasteiger charge is 2.17. The third-order valence-corrected chi connectivity index (χ3v) is 9.40. The minimum atomic E-state index is 0.603. The first kappa shape index (κ1) is 27.4. The summed E-state index contributed by atoms with van der Waals surface area (Å²) in [5, 5.41) is 24.0. The Balaban J connectivity index is 1.13. The first-order chi connectivity index (χ1) is 23.7. The van der Waals surface area contributed by atoms with Crippen LogP contribution in [0.4, 0.5) is 0 Å². The summed E-state index contributed by atoms with van der Waals surface area (Å²) in [7, 11) is 0. The fourth-order valence-electron chi connectivity index (χ4n) is 7.18. The van der Waals surface area contributed by atoms with Crippen molar-refractivity contribution in [3.63, 3.8) is 0 Å². The van der Waals surface area contributed by atoms with E-state index in [0.29, 0.717) is 11.1 Å². The fraction of sp³-hybridized carbons (Fsp3) is 0. The number of para-hydroxylation sites is 3. The number of hydrogen-bond donors (Lipinski definition) is 0. The largest absolute Gasteiger partial charge is 0.309 e. The van der Waals surface area contributed by atoms with Crippen LogP contribution in [0.3, 0.4) is 0 Å². The number of nitriles is 2. The van der Waals surface area contributed by atoms with Crippen molar-refractivity contribution in [2.24, 2.45) is 0 Å². The second kappa shape index (κ2) is 10.9. The number of aromatic nitrogens is 2. The van der Waals surface area contributed by atoms with Crippen LogP contribution in [0.15, 0.2) is 158 Å². The second-order valence-corrected chi connectivity index (χ2v) is 12.0. The van der Waals surface area contributed by atoms with Crippen LogP contribution >= 0.6 is 0 Å². The molecule has 0 fully saturated rings. The van der Waals surface area contributed by atoms with Crippen molar-refractivity contribution in [2.75, 3.05) is 0 Å². The molecular formula is C44H26N4. The Morgan fingerprint density at radius 2 is 0.833 bits per heavy atom. The highest BCUT2D eigenvalue weighted by Crippen LogP contribution is 2.38. The molecular weight excluding hydrogens is 585 g/mol. The Morgan fingerprint density at radius 3 is 1.44 bits per heavy atom. The second-order valence-electron chi connectivity index (χ2n) is 12.0. The van der Waals surface area contributed by atoms with Gasteiger partial charge in [0.05, 0.1) is 51.0 Å². The molecule has 48 heavy (non-hydrogen) atoms. The average Bonchev–Trinajstić information content (AvgIpc) is 3.67. The normalized spacial score (nSPS) is 11.3. The zero-order valence-corrected chi connectivity index (χ0v) is 25.8. The summed E-state index contributed by atoms with van der Waals surface area (Å²) in [5.41, 5.74) is 12.0. The van der Waals surface area contributed by atoms with E-state index in [1.54, 1.807) is 0 Å². The molecule has 0 saturated carbocycles. The summed E-state index contributed by atoms with van der Waals surface area (Å²) in [6.07, 6.45) is 0. The predicted molar refractivity (Wildman–Crippen MR) is 195 cm³/mol. The molecule has 0 unspecified atom stereocenters. The first-order valence-corrected chi connectivity index (χ1v) is 15.9. The van der Waals surface area contributed by atoms with Crippen molar-refractivity contribution in [3.8, 4) is 45.8 Å². The summed E-state index contributed by atoms with van der Waals surface area (Å²) in [6.45, 7) is 0. The molecule has 0 aliphatic rings. The average molecular weight is 611 g/mol. The molecule has 222 valence electrons. The Morgan fingerprint density at radius 1 is 0.375 bits per heavy atom. The zero-order chi connectivity index (χ0) is 32.2. The molecule has 9 aromatic rings. The third kappa shape index (κ3) is 4.22. The summed E-state index contributed by atoms with van der Waals surface area (Å²) in [5.74, 6) is 0. The standard InChI is InChI=1S/C44H26N4/c45-27-29-13-23-43(48-42-12-6-3-9-37(42)39-26-30(28-46)14-24-44(39)48)38(25-29)33-17-15-31(16-18-33)32-19-21-34(22-20-32)47-40-10-4-1-7-35(40)36-8-2-5-11-41(36)47/h1-26H. The summed E-state index contributed by atoms with van der Waals surface area (Å²) in [6, 6.07) is 59.0. The highest BCUT2D eigenvalue weighted by molar-refractivity contribution is 6.11. The van der Waals surface area contributed by atoms with Gasteiger partial charge >= 0.3 is 0 Å². The smallest absolute Gasteiger partial charge is 0.0991 e. The lowest BCUT2D eigenvalue weighted by molar-refractivity contribution is 1.18. The topological polar surface area (TPSA) is 57.4 Å². The lowest BCUT2D eigenvalue weighted by Gasteiger charge is -2.15. The molecule has 0 bridgehead atoms. The van der Waals surface area contributed by atoms with Crippen molar-refractivity contribution in [2.45, 2.75) is 0 Å². The van der Waals surface area contributed by atoms with Crippen molar-refractivity contribution < 1.29 is 0 Å². The van der Waals surface area contributed by atoms with E-state index in [2.05, 4.69) is 130 Å². The van der Waals surface area contributed by atoms with Crippen molar-refractivity contribution in [1.82, 2.24) is 9.13 Å². The van der Waals surface area contributed by atoms with Gasteiger partial charge in [0.1, 0.15) is 0 Å². The molecule has 2 aromatic heterocycles. The van der Waals surface area contributed by atoms with Gasteiger partial charge in [0.15, 0.2) is 0 Å². The molecule has 9 rings (SSSR count). The molecule has 0 atom stereocenters. The maximum atomic E-state index is 9.84. The van der Waals surface area contributed by atoms with Gasteiger partial charge in [-0.25, -0.2) is 0 Å². The lowest BCUT2D eigenvalue weighted by Crippen LogP contribution is -1.98. The minimum Gasteiger partial charge on any atom is -0.309 e. The van der Waals surface area contributed by atoms with Crippen LogP contribution in [0.5, 0.6) is 0 Å². The quantitative estimate of drug-likeness (QED) is 0.199. The SMILES string of the molecule is N#Cc1ccc(-n2c3ccccc3c3cc(C#N)ccc32)c(-c2ccc(-c3ccc(-n4c5ccccc5c5ccccc54)cc3)cc2)c1. The number of hydrogen-bond acceptors (Lipinski definition) is 2. The first-order valence-electron chi connectivity index (χ1n) is 15.9. The Labute approximate surface area is 277 Å². The van der Waals surface area contributed by atoms with Crippen molar-refractivity contribution >= 4 is 43.6 Å². The molecule has 0 aliphatic carbocycles. The Hall–Kier alpha value is -6.88. The van der Waals surface area contributed by atoms with E-state index in [1.165, 1.54) is 21.8 Å². The van der Waals surface area contributed by atoms with Crippen LogP contribution in [0.25, 0.3) is 77.2 Å². The molecule has 4 heteroatoms. The summed E-state index contributed by atoms with van der Waals surface area (Å²) >= 11 is 0. The fourth-order valence-corrected chi connectivity index (χ4v) is 7.18. The Kier molecular flexibility index (Phi) is 6.22. The van der Waals surface area contributed by atoms with Gasteiger partial charge in [0.2, 0.25) is 0 Å². The van der Waals surface area contributed by atoms with Crippen LogP contribution in [-0.4, -0.2) is 9.13 Å².